The summed E-state index contributed by atoms with van der Waals surface area (Å²) in [7, 11) is 1.78. The maximum Gasteiger partial charge on any atom is 0.410 e. The molecular formula is C42H49FN6O4. The van der Waals surface area contributed by atoms with Crippen molar-refractivity contribution in [1.29, 1.82) is 0 Å². The number of carbonyl (C=O) groups excluding carboxylic acids is 1. The summed E-state index contributed by atoms with van der Waals surface area (Å²) in [5, 5.41) is 5.50. The van der Waals surface area contributed by atoms with Crippen LogP contribution in [0.4, 0.5) is 14.9 Å². The largest absolute Gasteiger partial charge is 0.473 e. The average molecular weight is 721 g/mol. The summed E-state index contributed by atoms with van der Waals surface area (Å²) in [5.74, 6) is 1.05. The van der Waals surface area contributed by atoms with Crippen LogP contribution in [0.2, 0.25) is 0 Å². The Bertz CT molecular complexity index is 2000. The normalized spacial score (nSPS) is 15.9. The highest BCUT2D eigenvalue weighted by molar-refractivity contribution is 5.96. The molecule has 0 saturated carbocycles. The van der Waals surface area contributed by atoms with E-state index in [2.05, 4.69) is 9.80 Å². The lowest BCUT2D eigenvalue weighted by Crippen LogP contribution is -2.49. The second-order valence-corrected chi connectivity index (χ2v) is 15.0. The van der Waals surface area contributed by atoms with E-state index in [-0.39, 0.29) is 11.9 Å². The third-order valence-corrected chi connectivity index (χ3v) is 9.96. The molecule has 7 rings (SSSR count). The van der Waals surface area contributed by atoms with Crippen molar-refractivity contribution in [3.8, 4) is 23.0 Å². The zero-order valence-electron chi connectivity index (χ0n) is 31.1. The van der Waals surface area contributed by atoms with Gasteiger partial charge in [-0.15, -0.1) is 0 Å². The number of amides is 1. The van der Waals surface area contributed by atoms with Gasteiger partial charge in [0.2, 0.25) is 11.8 Å². The maximum absolute atomic E-state index is 16.5. The molecule has 0 bridgehead atoms. The number of benzene rings is 3. The molecule has 2 fully saturated rings. The van der Waals surface area contributed by atoms with Crippen LogP contribution in [0.15, 0.2) is 84.9 Å². The summed E-state index contributed by atoms with van der Waals surface area (Å²) in [6.07, 6.45) is 1.71. The van der Waals surface area contributed by atoms with Crippen molar-refractivity contribution in [2.75, 3.05) is 50.7 Å². The number of piperidine rings is 1. The van der Waals surface area contributed by atoms with Crippen LogP contribution in [0.5, 0.6) is 11.8 Å². The van der Waals surface area contributed by atoms with Gasteiger partial charge in [0.15, 0.2) is 5.82 Å². The highest BCUT2D eigenvalue weighted by atomic mass is 19.1. The zero-order valence-corrected chi connectivity index (χ0v) is 31.1. The molecule has 2 saturated heterocycles. The van der Waals surface area contributed by atoms with E-state index in [4.69, 9.17) is 24.3 Å². The van der Waals surface area contributed by atoms with Gasteiger partial charge < -0.3 is 24.0 Å². The molecule has 3 aromatic carbocycles. The molecule has 4 heterocycles. The SMILES string of the molecule is Cn1nc(-c2ccc(OCc3ccccc3)nc2OCc2ccccc2)c2ccc(N3CCN(CC4CCN(C(=O)OC(C)(C)C)CC4)CC3)c(F)c21. The van der Waals surface area contributed by atoms with Gasteiger partial charge in [0, 0.05) is 64.3 Å². The van der Waals surface area contributed by atoms with Crippen molar-refractivity contribution in [1.82, 2.24) is 24.6 Å². The van der Waals surface area contributed by atoms with E-state index in [0.29, 0.717) is 58.7 Å². The van der Waals surface area contributed by atoms with Gasteiger partial charge in [-0.2, -0.15) is 10.1 Å². The number of nitrogens with zero attached hydrogens (tertiary/aromatic N) is 6. The second-order valence-electron chi connectivity index (χ2n) is 15.0. The van der Waals surface area contributed by atoms with E-state index in [1.807, 2.05) is 111 Å². The summed E-state index contributed by atoms with van der Waals surface area (Å²) < 4.78 is 36.0. The van der Waals surface area contributed by atoms with Gasteiger partial charge in [0.05, 0.1) is 11.3 Å². The lowest BCUT2D eigenvalue weighted by molar-refractivity contribution is 0.0169. The lowest BCUT2D eigenvalue weighted by Gasteiger charge is -2.39. The van der Waals surface area contributed by atoms with Crippen molar-refractivity contribution >= 4 is 22.7 Å². The number of pyridine rings is 1. The molecule has 11 heteroatoms. The van der Waals surface area contributed by atoms with Crippen molar-refractivity contribution in [2.45, 2.75) is 52.4 Å². The van der Waals surface area contributed by atoms with Crippen LogP contribution >= 0.6 is 0 Å². The zero-order chi connectivity index (χ0) is 37.0. The van der Waals surface area contributed by atoms with Gasteiger partial charge in [-0.25, -0.2) is 9.18 Å². The van der Waals surface area contributed by atoms with Gasteiger partial charge in [-0.05, 0) is 68.9 Å². The molecule has 0 spiro atoms. The summed E-state index contributed by atoms with van der Waals surface area (Å²) in [6.45, 7) is 12.0. The molecule has 278 valence electrons. The van der Waals surface area contributed by atoms with E-state index >= 15 is 4.39 Å². The Hall–Kier alpha value is -5.16. The molecule has 0 aliphatic carbocycles. The van der Waals surface area contributed by atoms with E-state index in [0.717, 1.165) is 69.8 Å². The molecule has 2 aromatic heterocycles. The number of carbonyl (C=O) groups is 1. The molecular weight excluding hydrogens is 671 g/mol. The van der Waals surface area contributed by atoms with Crippen LogP contribution in [-0.2, 0) is 25.0 Å². The molecule has 53 heavy (non-hydrogen) atoms. The number of anilines is 1. The van der Waals surface area contributed by atoms with Gasteiger partial charge in [-0.3, -0.25) is 9.58 Å². The fraction of sp³-hybridized carbons (Fsp3) is 0.405. The first-order valence-corrected chi connectivity index (χ1v) is 18.6. The number of aromatic nitrogens is 3. The standard InChI is InChI=1S/C42H49FN6O4/c1-42(2,3)53-41(50)49-21-19-30(20-22-49)27-47-23-25-48(26-24-47)35-17-15-33-38(45-46(4)39(33)37(35)43)34-16-18-36(51-28-31-11-7-5-8-12-31)44-40(34)52-29-32-13-9-6-10-14-32/h5-18,30H,19-29H2,1-4H3. The molecule has 1 amide bonds. The number of halogens is 1. The van der Waals surface area contributed by atoms with Crippen LogP contribution in [0.1, 0.15) is 44.7 Å². The van der Waals surface area contributed by atoms with E-state index in [1.54, 1.807) is 11.7 Å². The average Bonchev–Trinajstić information content (AvgIpc) is 3.50. The smallest absolute Gasteiger partial charge is 0.410 e. The molecule has 0 unspecified atom stereocenters. The fourth-order valence-electron chi connectivity index (χ4n) is 7.17. The minimum atomic E-state index is -0.486. The van der Waals surface area contributed by atoms with Crippen molar-refractivity contribution in [2.24, 2.45) is 13.0 Å². The number of ether oxygens (including phenoxy) is 3. The first-order valence-electron chi connectivity index (χ1n) is 18.6. The minimum Gasteiger partial charge on any atom is -0.473 e. The summed E-state index contributed by atoms with van der Waals surface area (Å²) in [5.41, 5.74) is 3.83. The molecule has 0 radical (unpaired) electrons. The van der Waals surface area contributed by atoms with Crippen LogP contribution in [-0.4, -0.2) is 82.1 Å². The van der Waals surface area contributed by atoms with Crippen molar-refractivity contribution in [3.05, 3.63) is 102 Å². The van der Waals surface area contributed by atoms with Gasteiger partial charge >= 0.3 is 6.09 Å². The molecule has 0 atom stereocenters. The third-order valence-electron chi connectivity index (χ3n) is 9.96. The predicted octanol–water partition coefficient (Wildman–Crippen LogP) is 7.70. The third kappa shape index (κ3) is 8.73. The Morgan fingerprint density at radius 1 is 0.811 bits per heavy atom. The van der Waals surface area contributed by atoms with Crippen molar-refractivity contribution in [3.63, 3.8) is 0 Å². The Morgan fingerprint density at radius 3 is 2.09 bits per heavy atom. The highest BCUT2D eigenvalue weighted by Gasteiger charge is 2.30. The quantitative estimate of drug-likeness (QED) is 0.145. The monoisotopic (exact) mass is 720 g/mol. The number of fused-ring (bicyclic) bond motifs is 1. The molecule has 2 aliphatic rings. The molecule has 5 aromatic rings. The summed E-state index contributed by atoms with van der Waals surface area (Å²) in [4.78, 5) is 23.7. The van der Waals surface area contributed by atoms with Crippen LogP contribution in [0, 0.1) is 11.7 Å². The number of rotatable bonds is 10. The first kappa shape index (κ1) is 36.2. The summed E-state index contributed by atoms with van der Waals surface area (Å²) in [6, 6.07) is 27.4. The Morgan fingerprint density at radius 2 is 1.45 bits per heavy atom. The van der Waals surface area contributed by atoms with Crippen molar-refractivity contribution < 1.29 is 23.4 Å². The lowest BCUT2D eigenvalue weighted by atomic mass is 9.96. The Labute approximate surface area is 311 Å². The first-order chi connectivity index (χ1) is 25.6. The minimum absolute atomic E-state index is 0.223. The van der Waals surface area contributed by atoms with Crippen LogP contribution < -0.4 is 14.4 Å². The number of aryl methyl sites for hydroxylation is 1. The van der Waals surface area contributed by atoms with Crippen LogP contribution in [0.3, 0.4) is 0 Å². The topological polar surface area (TPSA) is 85.2 Å². The number of likely N-dealkylation sites (tertiary alicyclic amines) is 1. The molecule has 0 N–H and O–H groups in total. The summed E-state index contributed by atoms with van der Waals surface area (Å²) >= 11 is 0. The van der Waals surface area contributed by atoms with E-state index in [9.17, 15) is 4.79 Å². The van der Waals surface area contributed by atoms with Gasteiger partial charge in [0.1, 0.15) is 30.0 Å². The maximum atomic E-state index is 16.5. The van der Waals surface area contributed by atoms with Gasteiger partial charge in [0.25, 0.3) is 0 Å². The van der Waals surface area contributed by atoms with Crippen LogP contribution in [0.25, 0.3) is 22.2 Å². The second kappa shape index (κ2) is 15.8. The molecule has 10 nitrogen and oxygen atoms in total. The predicted molar refractivity (Wildman–Crippen MR) is 205 cm³/mol. The number of hydrogen-bond donors (Lipinski definition) is 0. The van der Waals surface area contributed by atoms with Gasteiger partial charge in [-0.1, -0.05) is 60.7 Å². The Kier molecular flexibility index (Phi) is 10.8. The molecule has 2 aliphatic heterocycles. The highest BCUT2D eigenvalue weighted by Crippen LogP contribution is 2.38. The Balaban J connectivity index is 1.04. The number of piperazine rings is 1. The fourth-order valence-corrected chi connectivity index (χ4v) is 7.17. The number of hydrogen-bond acceptors (Lipinski definition) is 8. The van der Waals surface area contributed by atoms with E-state index in [1.165, 1.54) is 0 Å². The van der Waals surface area contributed by atoms with E-state index < -0.39 is 5.60 Å².